The van der Waals surface area contributed by atoms with Gasteiger partial charge < -0.3 is 20.8 Å². The molecule has 0 aliphatic carbocycles. The summed E-state index contributed by atoms with van der Waals surface area (Å²) >= 11 is 2.08. The van der Waals surface area contributed by atoms with Crippen molar-refractivity contribution in [1.29, 1.82) is 0 Å². The molecular formula is C48H35F6IN8O4. The average Bonchev–Trinajstić information content (AvgIpc) is 3.93. The molecule has 4 heterocycles. The Morgan fingerprint density at radius 2 is 1.13 bits per heavy atom. The highest BCUT2D eigenvalue weighted by atomic mass is 127. The van der Waals surface area contributed by atoms with Crippen LogP contribution in [0.25, 0.3) is 11.3 Å². The van der Waals surface area contributed by atoms with E-state index in [2.05, 4.69) is 71.2 Å². The third kappa shape index (κ3) is 12.2. The first-order valence-corrected chi connectivity index (χ1v) is 20.7. The predicted octanol–water partition coefficient (Wildman–Crippen LogP) is 9.27. The molecule has 0 fully saturated rings. The second kappa shape index (κ2) is 21.1. The van der Waals surface area contributed by atoms with Crippen molar-refractivity contribution < 1.29 is 46.1 Å². The number of fused-ring (bicyclic) bond motifs is 2. The zero-order valence-corrected chi connectivity index (χ0v) is 37.2. The number of rotatable bonds is 6. The summed E-state index contributed by atoms with van der Waals surface area (Å²) in [6.45, 7) is 2.25. The van der Waals surface area contributed by atoms with Gasteiger partial charge in [-0.15, -0.1) is 6.42 Å². The number of nitrogens with one attached hydrogen (secondary N) is 2. The average molecular weight is 1030 g/mol. The number of carbonyl (C=O) groups excluding carboxylic acids is 2. The van der Waals surface area contributed by atoms with Gasteiger partial charge in [0, 0.05) is 44.0 Å². The van der Waals surface area contributed by atoms with Crippen LogP contribution in [0.2, 0.25) is 0 Å². The number of aromatic nitrogens is 6. The second-order valence-corrected chi connectivity index (χ2v) is 15.4. The molecule has 4 N–H and O–H groups in total. The third-order valence-corrected chi connectivity index (χ3v) is 10.8. The number of amides is 2. The standard InChI is InChI=1S/C24H17F3N4O2.C16H13F3INO2.C8H5N3/c1-15-4-5-17(11-16(15)7-9-20-13-28-22-3-2-10-29-31(20)22)23(33)30-19-8-6-18(14-32)21(12-19)24(25,26)27;1-9-2-3-10(6-14(9)20)15(23)21-12-5-4-11(8-22)13(7-12)16(17,18)19;1-2-7-6-9-8-4-3-5-10-11(7)8/h2-6,8,10-13,32H,14H2,1H3,(H,30,33);2-7,22H,8H2,1H3,(H,21,23);1,3-6H. The smallest absolute Gasteiger partial charge is 0.392 e. The number of aryl methyl sites for hydroxylation is 2. The minimum atomic E-state index is -4.65. The molecular weight excluding hydrogens is 993 g/mol. The lowest BCUT2D eigenvalue weighted by molar-refractivity contribution is -0.139. The molecule has 0 saturated carbocycles. The summed E-state index contributed by atoms with van der Waals surface area (Å²) in [4.78, 5) is 33.1. The van der Waals surface area contributed by atoms with Crippen LogP contribution < -0.4 is 10.6 Å². The van der Waals surface area contributed by atoms with E-state index in [0.717, 1.165) is 44.6 Å². The van der Waals surface area contributed by atoms with Gasteiger partial charge in [0.2, 0.25) is 0 Å². The van der Waals surface area contributed by atoms with Crippen LogP contribution in [0.4, 0.5) is 37.7 Å². The summed E-state index contributed by atoms with van der Waals surface area (Å²) < 4.78 is 82.6. The van der Waals surface area contributed by atoms with Gasteiger partial charge >= 0.3 is 12.4 Å². The Balaban J connectivity index is 0.000000187. The molecule has 340 valence electrons. The maximum Gasteiger partial charge on any atom is 0.416 e. The lowest BCUT2D eigenvalue weighted by atomic mass is 10.0. The van der Waals surface area contributed by atoms with E-state index in [9.17, 15) is 35.9 Å². The molecule has 0 unspecified atom stereocenters. The molecule has 4 aromatic heterocycles. The van der Waals surface area contributed by atoms with Crippen LogP contribution in [0.1, 0.15) is 71.0 Å². The van der Waals surface area contributed by atoms with Crippen LogP contribution in [0, 0.1) is 41.6 Å². The largest absolute Gasteiger partial charge is 0.416 e. The fraction of sp³-hybridized carbons (Fsp3) is 0.125. The number of nitrogens with zero attached hydrogens (tertiary/aromatic N) is 6. The molecule has 0 atom stereocenters. The zero-order valence-electron chi connectivity index (χ0n) is 35.1. The van der Waals surface area contributed by atoms with Crippen molar-refractivity contribution in [3.8, 4) is 24.2 Å². The number of halogens is 7. The molecule has 0 aliphatic rings. The number of terminal acetylenes is 1. The number of carbonyl (C=O) groups is 2. The topological polar surface area (TPSA) is 159 Å². The van der Waals surface area contributed by atoms with Crippen molar-refractivity contribution in [1.82, 2.24) is 29.2 Å². The van der Waals surface area contributed by atoms with E-state index in [1.807, 2.05) is 26.0 Å². The maximum atomic E-state index is 13.2. The van der Waals surface area contributed by atoms with Gasteiger partial charge in [-0.3, -0.25) is 9.59 Å². The van der Waals surface area contributed by atoms with Gasteiger partial charge in [-0.2, -0.15) is 36.5 Å². The normalized spacial score (nSPS) is 11.0. The molecule has 0 saturated heterocycles. The van der Waals surface area contributed by atoms with Crippen molar-refractivity contribution in [2.24, 2.45) is 0 Å². The summed E-state index contributed by atoms with van der Waals surface area (Å²) in [6.07, 6.45) is 2.47. The number of aliphatic hydroxyl groups is 2. The summed E-state index contributed by atoms with van der Waals surface area (Å²) in [5.41, 5.74) is 3.22. The van der Waals surface area contributed by atoms with Crippen molar-refractivity contribution in [3.05, 3.63) is 187 Å². The highest BCUT2D eigenvalue weighted by Gasteiger charge is 2.34. The van der Waals surface area contributed by atoms with Gasteiger partial charge in [-0.25, -0.2) is 19.0 Å². The number of hydrogen-bond donors (Lipinski definition) is 4. The Morgan fingerprint density at radius 1 is 0.657 bits per heavy atom. The number of hydrogen-bond acceptors (Lipinski definition) is 8. The van der Waals surface area contributed by atoms with Crippen LogP contribution in [0.15, 0.2) is 122 Å². The molecule has 12 nitrogen and oxygen atoms in total. The van der Waals surface area contributed by atoms with Crippen molar-refractivity contribution in [2.45, 2.75) is 39.4 Å². The number of aliphatic hydroxyl groups excluding tert-OH is 2. The van der Waals surface area contributed by atoms with Crippen LogP contribution in [-0.4, -0.2) is 51.2 Å². The number of anilines is 2. The van der Waals surface area contributed by atoms with E-state index in [0.29, 0.717) is 28.2 Å². The molecule has 2 amide bonds. The monoisotopic (exact) mass is 1030 g/mol. The van der Waals surface area contributed by atoms with Crippen molar-refractivity contribution in [2.75, 3.05) is 10.6 Å². The Hall–Kier alpha value is -7.59. The second-order valence-electron chi connectivity index (χ2n) is 14.2. The first-order valence-electron chi connectivity index (χ1n) is 19.6. The maximum absolute atomic E-state index is 13.2. The minimum absolute atomic E-state index is 0.0232. The fourth-order valence-electron chi connectivity index (χ4n) is 6.12. The summed E-state index contributed by atoms with van der Waals surface area (Å²) in [6, 6.07) is 23.7. The lowest BCUT2D eigenvalue weighted by Crippen LogP contribution is -2.15. The van der Waals surface area contributed by atoms with E-state index in [-0.39, 0.29) is 28.1 Å². The van der Waals surface area contributed by atoms with Crippen LogP contribution in [0.5, 0.6) is 0 Å². The van der Waals surface area contributed by atoms with Gasteiger partial charge in [-0.05, 0) is 143 Å². The lowest BCUT2D eigenvalue weighted by Gasteiger charge is -2.14. The van der Waals surface area contributed by atoms with Crippen molar-refractivity contribution in [3.63, 3.8) is 0 Å². The third-order valence-electron chi connectivity index (χ3n) is 9.65. The molecule has 0 spiro atoms. The zero-order chi connectivity index (χ0) is 48.5. The molecule has 8 aromatic rings. The van der Waals surface area contributed by atoms with E-state index in [1.165, 1.54) is 12.1 Å². The minimum Gasteiger partial charge on any atom is -0.392 e. The molecule has 67 heavy (non-hydrogen) atoms. The van der Waals surface area contributed by atoms with Gasteiger partial charge in [0.15, 0.2) is 11.3 Å². The van der Waals surface area contributed by atoms with Crippen LogP contribution in [0.3, 0.4) is 0 Å². The van der Waals surface area contributed by atoms with E-state index in [1.54, 1.807) is 82.3 Å². The highest BCUT2D eigenvalue weighted by Crippen LogP contribution is 2.35. The summed E-state index contributed by atoms with van der Waals surface area (Å²) in [5, 5.41) is 31.3. The van der Waals surface area contributed by atoms with Crippen molar-refractivity contribution >= 4 is 57.1 Å². The van der Waals surface area contributed by atoms with Gasteiger partial charge in [0.1, 0.15) is 11.4 Å². The van der Waals surface area contributed by atoms with E-state index in [4.69, 9.17) is 16.6 Å². The van der Waals surface area contributed by atoms with E-state index >= 15 is 0 Å². The van der Waals surface area contributed by atoms with Gasteiger partial charge in [0.25, 0.3) is 11.8 Å². The predicted molar refractivity (Wildman–Crippen MR) is 246 cm³/mol. The number of alkyl halides is 6. The molecule has 0 bridgehead atoms. The molecule has 19 heteroatoms. The SMILES string of the molecule is C#Cc1cnc2cccnn12.Cc1ccc(C(=O)Nc2ccc(CO)c(C(F)(F)F)c2)cc1C#Cc1cnc2cccnn12.Cc1ccc(C(=O)Nc2ccc(CO)c(C(F)(F)F)c2)cc1I. The molecule has 4 aromatic carbocycles. The molecule has 8 rings (SSSR count). The highest BCUT2D eigenvalue weighted by molar-refractivity contribution is 14.1. The Morgan fingerprint density at radius 3 is 1.61 bits per heavy atom. The summed E-state index contributed by atoms with van der Waals surface area (Å²) in [7, 11) is 0. The number of benzene rings is 4. The Bertz CT molecular complexity index is 3220. The van der Waals surface area contributed by atoms with Gasteiger partial charge in [0.05, 0.1) is 36.7 Å². The summed E-state index contributed by atoms with van der Waals surface area (Å²) in [5.74, 6) is 7.40. The molecule has 0 aliphatic heterocycles. The van der Waals surface area contributed by atoms with Gasteiger partial charge in [-0.1, -0.05) is 30.2 Å². The molecule has 0 radical (unpaired) electrons. The fourth-order valence-corrected chi connectivity index (χ4v) is 6.64. The first kappa shape index (κ1) is 48.9. The Labute approximate surface area is 391 Å². The van der Waals surface area contributed by atoms with Crippen LogP contribution >= 0.6 is 22.6 Å². The first-order chi connectivity index (χ1) is 31.9. The number of imidazole rings is 2. The Kier molecular flexibility index (Phi) is 15.4. The van der Waals surface area contributed by atoms with E-state index < -0.39 is 48.5 Å². The quantitative estimate of drug-likeness (QED) is 0.0729. The van der Waals surface area contributed by atoms with Crippen LogP contribution in [-0.2, 0) is 25.6 Å².